The summed E-state index contributed by atoms with van der Waals surface area (Å²) in [4.78, 5) is 70.2. The number of carbonyl (C=O) groups is 4. The van der Waals surface area contributed by atoms with E-state index in [1.807, 2.05) is 214 Å². The summed E-state index contributed by atoms with van der Waals surface area (Å²) >= 11 is 0. The van der Waals surface area contributed by atoms with Gasteiger partial charge in [-0.1, -0.05) is 75.1 Å². The molecule has 458 valence electrons. The summed E-state index contributed by atoms with van der Waals surface area (Å²) in [6.07, 6.45) is 11.9. The van der Waals surface area contributed by atoms with Crippen LogP contribution in [0.25, 0.3) is 0 Å². The molecule has 4 aromatic rings. The summed E-state index contributed by atoms with van der Waals surface area (Å²) in [6, 6.07) is 27.5. The molecule has 4 aromatic carbocycles. The SMILES string of the molecule is C=C1C=C(NC(=O)OC(C)(C)C)C(C)=CC1=Nc1cc(C)c(N(CCCCCCCCCN(C(=O)OC(C)(C)C)c2cc3c(cc2C)N=C2C=C(C)C(NC(=O)OC(C)(C)C)=CC2N3c2ccccc2)C(=O)OC(C)(C)C)cc1Nc1ccccc1. The molecule has 0 aromatic heterocycles. The predicted molar refractivity (Wildman–Crippen MR) is 350 cm³/mol. The lowest BCUT2D eigenvalue weighted by Crippen LogP contribution is -2.42. The molecule has 0 radical (unpaired) electrons. The van der Waals surface area contributed by atoms with Crippen LogP contribution in [-0.4, -0.2) is 77.3 Å². The number of hydrogen-bond donors (Lipinski definition) is 3. The number of rotatable bonds is 18. The van der Waals surface area contributed by atoms with E-state index in [0.717, 1.165) is 101 Å². The van der Waals surface area contributed by atoms with Gasteiger partial charge in [0.25, 0.3) is 0 Å². The molecule has 3 aliphatic rings. The van der Waals surface area contributed by atoms with E-state index in [1.165, 1.54) is 0 Å². The van der Waals surface area contributed by atoms with Crippen LogP contribution in [0.4, 0.5) is 64.7 Å². The molecule has 1 atom stereocenters. The Balaban J connectivity index is 1.05. The summed E-state index contributed by atoms with van der Waals surface area (Å²) in [5.74, 6) is 0. The van der Waals surface area contributed by atoms with Crippen LogP contribution in [0, 0.1) is 13.8 Å². The van der Waals surface area contributed by atoms with Crippen LogP contribution in [0.1, 0.15) is 153 Å². The van der Waals surface area contributed by atoms with Crippen LogP contribution < -0.4 is 30.7 Å². The van der Waals surface area contributed by atoms with E-state index in [2.05, 4.69) is 27.4 Å². The molecular formula is C70H90N8O8. The van der Waals surface area contributed by atoms with E-state index >= 15 is 0 Å². The Morgan fingerprint density at radius 1 is 0.581 bits per heavy atom. The summed E-state index contributed by atoms with van der Waals surface area (Å²) < 4.78 is 23.3. The van der Waals surface area contributed by atoms with Gasteiger partial charge < -0.3 is 29.2 Å². The molecule has 1 unspecified atom stereocenters. The minimum Gasteiger partial charge on any atom is -0.444 e. The van der Waals surface area contributed by atoms with Gasteiger partial charge in [-0.25, -0.2) is 29.2 Å². The number of fused-ring (bicyclic) bond motifs is 2. The Kier molecular flexibility index (Phi) is 20.7. The lowest BCUT2D eigenvalue weighted by molar-refractivity contribution is 0.0535. The molecule has 1 aliphatic heterocycles. The van der Waals surface area contributed by atoms with Crippen molar-refractivity contribution in [1.29, 1.82) is 0 Å². The molecule has 3 N–H and O–H groups in total. The van der Waals surface area contributed by atoms with Crippen molar-refractivity contribution >= 4 is 81.3 Å². The van der Waals surface area contributed by atoms with E-state index in [1.54, 1.807) is 15.9 Å². The average molecular weight is 1170 g/mol. The third-order valence-electron chi connectivity index (χ3n) is 13.9. The number of aliphatic imine (C=N–C) groups is 2. The van der Waals surface area contributed by atoms with E-state index in [-0.39, 0.29) is 6.04 Å². The van der Waals surface area contributed by atoms with Gasteiger partial charge >= 0.3 is 24.4 Å². The molecule has 0 bridgehead atoms. The number of carbonyl (C=O) groups excluding carboxylic acids is 4. The molecule has 7 rings (SSSR count). The van der Waals surface area contributed by atoms with Gasteiger partial charge in [-0.05, 0) is 224 Å². The van der Waals surface area contributed by atoms with E-state index in [9.17, 15) is 19.2 Å². The molecule has 16 nitrogen and oxygen atoms in total. The van der Waals surface area contributed by atoms with Gasteiger partial charge in [0.1, 0.15) is 22.4 Å². The topological polar surface area (TPSA) is 176 Å². The molecule has 4 amide bonds. The number of alkyl carbamates (subject to hydrolysis) is 2. The number of aryl methyl sites for hydroxylation is 2. The van der Waals surface area contributed by atoms with E-state index in [0.29, 0.717) is 52.8 Å². The largest absolute Gasteiger partial charge is 0.444 e. The van der Waals surface area contributed by atoms with Crippen LogP contribution in [0.3, 0.4) is 0 Å². The van der Waals surface area contributed by atoms with Crippen LogP contribution >= 0.6 is 0 Å². The van der Waals surface area contributed by atoms with Crippen LogP contribution in [0.2, 0.25) is 0 Å². The molecule has 0 spiro atoms. The van der Waals surface area contributed by atoms with Gasteiger partial charge in [0.15, 0.2) is 0 Å². The molecule has 0 saturated heterocycles. The highest BCUT2D eigenvalue weighted by Crippen LogP contribution is 2.46. The van der Waals surface area contributed by atoms with Crippen molar-refractivity contribution in [3.63, 3.8) is 0 Å². The molecule has 86 heavy (non-hydrogen) atoms. The Labute approximate surface area is 510 Å². The molecule has 0 fully saturated rings. The second-order valence-corrected chi connectivity index (χ2v) is 26.3. The first-order valence-corrected chi connectivity index (χ1v) is 30.0. The maximum Gasteiger partial charge on any atom is 0.414 e. The number of benzene rings is 4. The van der Waals surface area contributed by atoms with Crippen LogP contribution in [-0.2, 0) is 18.9 Å². The molecule has 2 aliphatic carbocycles. The third kappa shape index (κ3) is 18.3. The van der Waals surface area contributed by atoms with E-state index in [4.69, 9.17) is 28.9 Å². The summed E-state index contributed by atoms with van der Waals surface area (Å²) in [5, 5.41) is 9.37. The lowest BCUT2D eigenvalue weighted by atomic mass is 9.93. The first-order chi connectivity index (χ1) is 40.3. The second-order valence-electron chi connectivity index (χ2n) is 26.3. The summed E-state index contributed by atoms with van der Waals surface area (Å²) in [7, 11) is 0. The van der Waals surface area contributed by atoms with Gasteiger partial charge in [-0.2, -0.15) is 0 Å². The zero-order chi connectivity index (χ0) is 62.9. The van der Waals surface area contributed by atoms with Gasteiger partial charge in [0.2, 0.25) is 0 Å². The van der Waals surface area contributed by atoms with Gasteiger partial charge in [-0.15, -0.1) is 0 Å². The maximum absolute atomic E-state index is 14.3. The number of para-hydroxylation sites is 2. The number of unbranched alkanes of at least 4 members (excludes halogenated alkanes) is 6. The second kappa shape index (κ2) is 27.3. The van der Waals surface area contributed by atoms with Crippen molar-refractivity contribution in [2.24, 2.45) is 9.98 Å². The van der Waals surface area contributed by atoms with Crippen molar-refractivity contribution in [1.82, 2.24) is 10.6 Å². The molecular weight excluding hydrogens is 1080 g/mol. The Bertz CT molecular complexity index is 3360. The number of amides is 4. The smallest absolute Gasteiger partial charge is 0.414 e. The highest BCUT2D eigenvalue weighted by molar-refractivity contribution is 6.14. The summed E-state index contributed by atoms with van der Waals surface area (Å²) in [6.45, 7) is 35.2. The standard InChI is InChI=1S/C70H90N8O8/c1-45-38-53(74-63(79)83-67(6,7)8)46(2)37-52(45)72-55-40-48(4)59(43-56(55)71-50-31-25-23-26-32-50)76(65(81)85-69(12,13)14)35-29-21-19-18-20-22-30-36-77(66(82)86-70(15,16)17)60-44-62-58(41-49(60)5)73-57-39-47(3)54(75-64(80)84-68(9,10)11)42-61(57)78(62)51-33-27-24-28-34-51/h23-28,31-34,37-44,61,71H,1,18-22,29-30,35-36H2,2-17H3,(H,74,79)(H,75,80). The monoisotopic (exact) mass is 1170 g/mol. The number of anilines is 6. The third-order valence-corrected chi connectivity index (χ3v) is 13.9. The summed E-state index contributed by atoms with van der Waals surface area (Å²) in [5.41, 5.74) is 9.95. The first kappa shape index (κ1) is 65.1. The Morgan fingerprint density at radius 3 is 1.59 bits per heavy atom. The van der Waals surface area contributed by atoms with E-state index < -0.39 is 46.8 Å². The zero-order valence-electron chi connectivity index (χ0n) is 53.5. The average Bonchev–Trinajstić information content (AvgIpc) is 1.16. The van der Waals surface area contributed by atoms with Gasteiger partial charge in [-0.3, -0.25) is 20.4 Å². The van der Waals surface area contributed by atoms with Gasteiger partial charge in [0.05, 0.1) is 51.6 Å². The highest BCUT2D eigenvalue weighted by atomic mass is 16.6. The zero-order valence-corrected chi connectivity index (χ0v) is 53.5. The number of hydrogen-bond acceptors (Lipinski definition) is 12. The van der Waals surface area contributed by atoms with Crippen molar-refractivity contribution in [3.05, 3.63) is 155 Å². The molecule has 16 heteroatoms. The molecule has 1 heterocycles. The van der Waals surface area contributed by atoms with Gasteiger partial charge in [0, 0.05) is 35.9 Å². The number of nitrogens with one attached hydrogen (secondary N) is 3. The fourth-order valence-electron chi connectivity index (χ4n) is 10.1. The maximum atomic E-state index is 14.3. The first-order valence-electron chi connectivity index (χ1n) is 30.0. The highest BCUT2D eigenvalue weighted by Gasteiger charge is 2.35. The number of allylic oxidation sites excluding steroid dienone is 5. The lowest BCUT2D eigenvalue weighted by Gasteiger charge is -2.39. The Morgan fingerprint density at radius 2 is 1.06 bits per heavy atom. The molecule has 0 saturated carbocycles. The fourth-order valence-corrected chi connectivity index (χ4v) is 10.1. The van der Waals surface area contributed by atoms with Crippen molar-refractivity contribution in [3.8, 4) is 0 Å². The van der Waals surface area contributed by atoms with Crippen molar-refractivity contribution in [2.75, 3.05) is 33.1 Å². The van der Waals surface area contributed by atoms with Crippen molar-refractivity contribution in [2.45, 2.75) is 184 Å². The van der Waals surface area contributed by atoms with Crippen LogP contribution in [0.15, 0.2) is 154 Å². The quantitative estimate of drug-likeness (QED) is 0.0642. The Hall–Kier alpha value is -8.40. The normalized spacial score (nSPS) is 15.6. The fraction of sp³-hybridized carbons (Fsp3) is 0.429. The van der Waals surface area contributed by atoms with Crippen molar-refractivity contribution < 1.29 is 38.1 Å². The number of nitrogens with zero attached hydrogens (tertiary/aromatic N) is 5. The van der Waals surface area contributed by atoms with Crippen LogP contribution in [0.5, 0.6) is 0 Å². The minimum atomic E-state index is -0.729. The predicted octanol–water partition coefficient (Wildman–Crippen LogP) is 17.9. The minimum absolute atomic E-state index is 0.376. The number of ether oxygens (including phenoxy) is 4.